The summed E-state index contributed by atoms with van der Waals surface area (Å²) < 4.78 is 0. The van der Waals surface area contributed by atoms with E-state index < -0.39 is 0 Å². The van der Waals surface area contributed by atoms with E-state index in [2.05, 4.69) is 42.6 Å². The van der Waals surface area contributed by atoms with Crippen molar-refractivity contribution in [2.45, 2.75) is 20.0 Å². The molecule has 0 aliphatic heterocycles. The molecule has 1 aromatic heterocycles. The van der Waals surface area contributed by atoms with E-state index in [1.165, 1.54) is 15.8 Å². The minimum atomic E-state index is 0.0794. The van der Waals surface area contributed by atoms with Gasteiger partial charge in [0.25, 0.3) is 0 Å². The summed E-state index contributed by atoms with van der Waals surface area (Å²) in [4.78, 5) is 1.24. The topological polar surface area (TPSA) is 20.2 Å². The van der Waals surface area contributed by atoms with Crippen molar-refractivity contribution in [3.63, 3.8) is 0 Å². The summed E-state index contributed by atoms with van der Waals surface area (Å²) in [6, 6.07) is 14.7. The van der Waals surface area contributed by atoms with Crippen LogP contribution in [0.3, 0.4) is 0 Å². The summed E-state index contributed by atoms with van der Waals surface area (Å²) in [5.41, 5.74) is 3.55. The van der Waals surface area contributed by atoms with Crippen LogP contribution in [0.15, 0.2) is 47.8 Å². The van der Waals surface area contributed by atoms with Gasteiger partial charge in [0.1, 0.15) is 0 Å². The number of aliphatic hydroxyl groups excluding tert-OH is 1. The van der Waals surface area contributed by atoms with Crippen LogP contribution in [0.2, 0.25) is 0 Å². The third kappa shape index (κ3) is 2.18. The number of benzene rings is 2. The van der Waals surface area contributed by atoms with Crippen molar-refractivity contribution in [2.24, 2.45) is 0 Å². The highest BCUT2D eigenvalue weighted by molar-refractivity contribution is 7.13. The molecule has 2 aromatic carbocycles. The number of hydrogen-bond acceptors (Lipinski definition) is 2. The third-order valence-corrected chi connectivity index (χ3v) is 4.54. The molecule has 1 nitrogen and oxygen atoms in total. The second-order valence-electron chi connectivity index (χ2n) is 4.64. The van der Waals surface area contributed by atoms with Gasteiger partial charge in [-0.2, -0.15) is 0 Å². The van der Waals surface area contributed by atoms with E-state index in [1.54, 1.807) is 11.3 Å². The molecule has 96 valence electrons. The monoisotopic (exact) mass is 268 g/mol. The SMILES string of the molecule is CCc1csc(-c2ccc3ccccc3c2CO)c1. The first-order valence-corrected chi connectivity index (χ1v) is 7.40. The van der Waals surface area contributed by atoms with Crippen LogP contribution < -0.4 is 0 Å². The number of aliphatic hydroxyl groups is 1. The van der Waals surface area contributed by atoms with Crippen LogP contribution in [0, 0.1) is 0 Å². The van der Waals surface area contributed by atoms with Crippen LogP contribution >= 0.6 is 11.3 Å². The Hall–Kier alpha value is -1.64. The van der Waals surface area contributed by atoms with E-state index in [1.807, 2.05) is 12.1 Å². The fourth-order valence-corrected chi connectivity index (χ4v) is 3.49. The fraction of sp³-hybridized carbons (Fsp3) is 0.176. The van der Waals surface area contributed by atoms with Crippen molar-refractivity contribution in [1.29, 1.82) is 0 Å². The molecule has 1 N–H and O–H groups in total. The van der Waals surface area contributed by atoms with Crippen molar-refractivity contribution in [3.05, 3.63) is 59.0 Å². The zero-order valence-corrected chi connectivity index (χ0v) is 11.7. The average molecular weight is 268 g/mol. The standard InChI is InChI=1S/C17H16OS/c1-2-12-9-17(19-11-12)15-8-7-13-5-3-4-6-14(13)16(15)10-18/h3-9,11,18H,2,10H2,1H3. The Kier molecular flexibility index (Phi) is 3.36. The molecule has 0 amide bonds. The Balaban J connectivity index is 2.23. The van der Waals surface area contributed by atoms with E-state index in [-0.39, 0.29) is 6.61 Å². The molecule has 19 heavy (non-hydrogen) atoms. The summed E-state index contributed by atoms with van der Waals surface area (Å²) in [6.45, 7) is 2.25. The van der Waals surface area contributed by atoms with Gasteiger partial charge in [0.05, 0.1) is 6.61 Å². The summed E-state index contributed by atoms with van der Waals surface area (Å²) in [7, 11) is 0. The predicted molar refractivity (Wildman–Crippen MR) is 82.6 cm³/mol. The van der Waals surface area contributed by atoms with Crippen LogP contribution in [-0.4, -0.2) is 5.11 Å². The molecule has 0 saturated carbocycles. The molecule has 0 aliphatic carbocycles. The van der Waals surface area contributed by atoms with Crippen molar-refractivity contribution in [1.82, 2.24) is 0 Å². The Morgan fingerprint density at radius 1 is 1.11 bits per heavy atom. The molecule has 0 aliphatic rings. The van der Waals surface area contributed by atoms with Gasteiger partial charge in [-0.25, -0.2) is 0 Å². The predicted octanol–water partition coefficient (Wildman–Crippen LogP) is 4.62. The molecular weight excluding hydrogens is 252 g/mol. The van der Waals surface area contributed by atoms with Gasteiger partial charge in [0.2, 0.25) is 0 Å². The van der Waals surface area contributed by atoms with E-state index in [0.717, 1.165) is 22.9 Å². The Bertz CT molecular complexity index is 712. The van der Waals surface area contributed by atoms with Crippen molar-refractivity contribution < 1.29 is 5.11 Å². The lowest BCUT2D eigenvalue weighted by atomic mass is 9.98. The maximum atomic E-state index is 9.75. The summed E-state index contributed by atoms with van der Waals surface area (Å²) >= 11 is 1.75. The highest BCUT2D eigenvalue weighted by Crippen LogP contribution is 2.34. The van der Waals surface area contributed by atoms with Gasteiger partial charge < -0.3 is 5.11 Å². The lowest BCUT2D eigenvalue weighted by Gasteiger charge is -2.09. The van der Waals surface area contributed by atoms with Gasteiger partial charge in [-0.15, -0.1) is 11.3 Å². The number of thiophene rings is 1. The molecule has 0 unspecified atom stereocenters. The molecule has 3 rings (SSSR count). The maximum absolute atomic E-state index is 9.75. The molecule has 0 radical (unpaired) electrons. The van der Waals surface area contributed by atoms with E-state index >= 15 is 0 Å². The Labute approximate surface area is 117 Å². The zero-order chi connectivity index (χ0) is 13.2. The zero-order valence-electron chi connectivity index (χ0n) is 10.9. The number of fused-ring (bicyclic) bond motifs is 1. The summed E-state index contributed by atoms with van der Waals surface area (Å²) in [5.74, 6) is 0. The fourth-order valence-electron chi connectivity index (χ4n) is 2.44. The minimum Gasteiger partial charge on any atom is -0.392 e. The quantitative estimate of drug-likeness (QED) is 0.734. The first kappa shape index (κ1) is 12.4. The molecule has 2 heteroatoms. The van der Waals surface area contributed by atoms with Crippen molar-refractivity contribution in [3.8, 4) is 10.4 Å². The van der Waals surface area contributed by atoms with Crippen LogP contribution in [0.5, 0.6) is 0 Å². The molecular formula is C17H16OS. The van der Waals surface area contributed by atoms with Gasteiger partial charge in [-0.05, 0) is 45.3 Å². The van der Waals surface area contributed by atoms with Crippen LogP contribution in [0.25, 0.3) is 21.2 Å². The molecule has 0 atom stereocenters. The van der Waals surface area contributed by atoms with Gasteiger partial charge in [0.15, 0.2) is 0 Å². The van der Waals surface area contributed by atoms with Gasteiger partial charge in [-0.3, -0.25) is 0 Å². The lowest BCUT2D eigenvalue weighted by molar-refractivity contribution is 0.284. The van der Waals surface area contributed by atoms with Gasteiger partial charge >= 0.3 is 0 Å². The second kappa shape index (κ2) is 5.16. The number of rotatable bonds is 3. The highest BCUT2D eigenvalue weighted by atomic mass is 32.1. The Morgan fingerprint density at radius 3 is 2.68 bits per heavy atom. The largest absolute Gasteiger partial charge is 0.392 e. The van der Waals surface area contributed by atoms with Crippen molar-refractivity contribution in [2.75, 3.05) is 0 Å². The van der Waals surface area contributed by atoms with Crippen molar-refractivity contribution >= 4 is 22.1 Å². The third-order valence-electron chi connectivity index (χ3n) is 3.53. The molecule has 1 heterocycles. The first-order valence-electron chi connectivity index (χ1n) is 6.52. The van der Waals surface area contributed by atoms with Crippen LogP contribution in [0.1, 0.15) is 18.1 Å². The van der Waals surface area contributed by atoms with Crippen LogP contribution in [-0.2, 0) is 13.0 Å². The lowest BCUT2D eigenvalue weighted by Crippen LogP contribution is -1.90. The average Bonchev–Trinajstić information content (AvgIpc) is 2.94. The molecule has 0 spiro atoms. The van der Waals surface area contributed by atoms with E-state index in [9.17, 15) is 5.11 Å². The van der Waals surface area contributed by atoms with Gasteiger partial charge in [0, 0.05) is 4.88 Å². The Morgan fingerprint density at radius 2 is 1.95 bits per heavy atom. The number of hydrogen-bond donors (Lipinski definition) is 1. The van der Waals surface area contributed by atoms with Gasteiger partial charge in [-0.1, -0.05) is 43.3 Å². The molecule has 3 aromatic rings. The minimum absolute atomic E-state index is 0.0794. The normalized spacial score (nSPS) is 11.1. The summed E-state index contributed by atoms with van der Waals surface area (Å²) in [6.07, 6.45) is 1.05. The van der Waals surface area contributed by atoms with E-state index in [0.29, 0.717) is 0 Å². The smallest absolute Gasteiger partial charge is 0.0694 e. The molecule has 0 bridgehead atoms. The second-order valence-corrected chi connectivity index (χ2v) is 5.55. The number of aryl methyl sites for hydroxylation is 1. The molecule has 0 fully saturated rings. The van der Waals surface area contributed by atoms with Crippen LogP contribution in [0.4, 0.5) is 0 Å². The molecule has 0 saturated heterocycles. The summed E-state index contributed by atoms with van der Waals surface area (Å²) in [5, 5.41) is 14.3. The maximum Gasteiger partial charge on any atom is 0.0694 e. The van der Waals surface area contributed by atoms with E-state index in [4.69, 9.17) is 0 Å². The first-order chi connectivity index (χ1) is 9.33. The highest BCUT2D eigenvalue weighted by Gasteiger charge is 2.10.